The van der Waals surface area contributed by atoms with Crippen LogP contribution in [0.15, 0.2) is 35.7 Å². The van der Waals surface area contributed by atoms with Gasteiger partial charge in [0.15, 0.2) is 0 Å². The van der Waals surface area contributed by atoms with E-state index >= 15 is 0 Å². The van der Waals surface area contributed by atoms with Crippen molar-refractivity contribution in [1.82, 2.24) is 4.98 Å². The highest BCUT2D eigenvalue weighted by Gasteiger charge is 2.12. The molecule has 0 unspecified atom stereocenters. The molecule has 0 bridgehead atoms. The van der Waals surface area contributed by atoms with Crippen molar-refractivity contribution in [3.63, 3.8) is 0 Å². The third-order valence-corrected chi connectivity index (χ3v) is 4.51. The number of benzene rings is 1. The van der Waals surface area contributed by atoms with Crippen molar-refractivity contribution in [3.8, 4) is 10.6 Å². The first-order chi connectivity index (χ1) is 8.66. The largest absolute Gasteiger partial charge is 0.480 e. The molecule has 0 fully saturated rings. The summed E-state index contributed by atoms with van der Waals surface area (Å²) < 4.78 is 0. The molecule has 0 saturated carbocycles. The van der Waals surface area contributed by atoms with E-state index in [0.717, 1.165) is 16.3 Å². The number of carboxylic acids is 1. The number of aromatic nitrogens is 1. The molecule has 1 aromatic carbocycles. The molecule has 0 saturated heterocycles. The van der Waals surface area contributed by atoms with E-state index in [-0.39, 0.29) is 0 Å². The molecule has 0 aliphatic rings. The van der Waals surface area contributed by atoms with Crippen LogP contribution < -0.4 is 0 Å². The Morgan fingerprint density at radius 1 is 1.44 bits per heavy atom. The zero-order chi connectivity index (χ0) is 13.0. The number of rotatable bonds is 5. The highest BCUT2D eigenvalue weighted by atomic mass is 32.2. The van der Waals surface area contributed by atoms with Gasteiger partial charge in [0.05, 0.1) is 10.9 Å². The highest BCUT2D eigenvalue weighted by Crippen LogP contribution is 2.26. The summed E-state index contributed by atoms with van der Waals surface area (Å²) in [6, 6.07) is 9.99. The number of thiazole rings is 1. The minimum absolute atomic E-state index is 0.396. The van der Waals surface area contributed by atoms with Gasteiger partial charge in [-0.2, -0.15) is 0 Å². The molecule has 0 spiro atoms. The molecule has 94 valence electrons. The van der Waals surface area contributed by atoms with Crippen LogP contribution in [0.3, 0.4) is 0 Å². The van der Waals surface area contributed by atoms with Gasteiger partial charge in [-0.3, -0.25) is 4.79 Å². The van der Waals surface area contributed by atoms with Crippen molar-refractivity contribution in [1.29, 1.82) is 0 Å². The van der Waals surface area contributed by atoms with Crippen molar-refractivity contribution in [2.24, 2.45) is 0 Å². The number of aliphatic carboxylic acids is 1. The first-order valence-corrected chi connectivity index (χ1v) is 7.44. The average Bonchev–Trinajstić information content (AvgIpc) is 2.85. The lowest BCUT2D eigenvalue weighted by molar-refractivity contribution is -0.136. The molecule has 0 amide bonds. The molecule has 18 heavy (non-hydrogen) atoms. The Kier molecular flexibility index (Phi) is 4.38. The van der Waals surface area contributed by atoms with Crippen molar-refractivity contribution < 1.29 is 9.90 Å². The van der Waals surface area contributed by atoms with Crippen LogP contribution in [0, 0.1) is 0 Å². The van der Waals surface area contributed by atoms with E-state index in [9.17, 15) is 4.79 Å². The molecular formula is C13H13NO2S2. The van der Waals surface area contributed by atoms with Crippen molar-refractivity contribution in [3.05, 3.63) is 41.4 Å². The lowest BCUT2D eigenvalue weighted by atomic mass is 10.2. The number of carboxylic acid groups (broad SMARTS) is 1. The maximum Gasteiger partial charge on any atom is 0.316 e. The molecule has 0 aliphatic carbocycles. The smallest absolute Gasteiger partial charge is 0.316 e. The van der Waals surface area contributed by atoms with Gasteiger partial charge in [0.1, 0.15) is 5.01 Å². The number of hydrogen-bond acceptors (Lipinski definition) is 4. The average molecular weight is 279 g/mol. The van der Waals surface area contributed by atoms with E-state index in [1.807, 2.05) is 35.7 Å². The molecule has 0 aliphatic heterocycles. The van der Waals surface area contributed by atoms with Gasteiger partial charge in [0.25, 0.3) is 0 Å². The van der Waals surface area contributed by atoms with Crippen molar-refractivity contribution in [2.45, 2.75) is 17.9 Å². The molecule has 3 nitrogen and oxygen atoms in total. The lowest BCUT2D eigenvalue weighted by Crippen LogP contribution is -2.11. The summed E-state index contributed by atoms with van der Waals surface area (Å²) in [5.41, 5.74) is 2.04. The van der Waals surface area contributed by atoms with Gasteiger partial charge in [-0.25, -0.2) is 4.98 Å². The Morgan fingerprint density at radius 3 is 2.83 bits per heavy atom. The Balaban J connectivity index is 2.01. The highest BCUT2D eigenvalue weighted by molar-refractivity contribution is 7.99. The second-order valence-electron chi connectivity index (χ2n) is 3.80. The SMILES string of the molecule is C[C@H](SCc1csc(-c2ccccc2)n1)C(=O)O. The zero-order valence-electron chi connectivity index (χ0n) is 9.87. The Bertz CT molecular complexity index is 525. The normalized spacial score (nSPS) is 12.3. The fourth-order valence-corrected chi connectivity index (χ4v) is 3.01. The minimum atomic E-state index is -0.779. The molecule has 1 atom stereocenters. The van der Waals surface area contributed by atoms with E-state index in [1.165, 1.54) is 11.8 Å². The first kappa shape index (κ1) is 13.1. The van der Waals surface area contributed by atoms with Crippen LogP contribution in [0.1, 0.15) is 12.6 Å². The van der Waals surface area contributed by atoms with Gasteiger partial charge in [-0.05, 0) is 6.92 Å². The summed E-state index contributed by atoms with van der Waals surface area (Å²) in [4.78, 5) is 15.2. The maximum atomic E-state index is 10.7. The van der Waals surface area contributed by atoms with Gasteiger partial charge in [0.2, 0.25) is 0 Å². The van der Waals surface area contributed by atoms with Crippen molar-refractivity contribution >= 4 is 29.1 Å². The molecule has 5 heteroatoms. The first-order valence-electron chi connectivity index (χ1n) is 5.51. The van der Waals surface area contributed by atoms with E-state index in [1.54, 1.807) is 18.3 Å². The Labute approximate surface area is 114 Å². The summed E-state index contributed by atoms with van der Waals surface area (Å²) in [6.45, 7) is 1.69. The third kappa shape index (κ3) is 3.34. The second-order valence-corrected chi connectivity index (χ2v) is 5.99. The van der Waals surface area contributed by atoms with Crippen LogP contribution in [0.4, 0.5) is 0 Å². The second kappa shape index (κ2) is 6.02. The van der Waals surface area contributed by atoms with E-state index in [4.69, 9.17) is 5.11 Å². The van der Waals surface area contributed by atoms with Crippen LogP contribution in [0.2, 0.25) is 0 Å². The van der Waals surface area contributed by atoms with E-state index < -0.39 is 11.2 Å². The van der Waals surface area contributed by atoms with Gasteiger partial charge in [-0.15, -0.1) is 23.1 Å². The van der Waals surface area contributed by atoms with Crippen LogP contribution in [0.25, 0.3) is 10.6 Å². The quantitative estimate of drug-likeness (QED) is 0.910. The maximum absolute atomic E-state index is 10.7. The summed E-state index contributed by atoms with van der Waals surface area (Å²) >= 11 is 2.98. The van der Waals surface area contributed by atoms with Gasteiger partial charge >= 0.3 is 5.97 Å². The molecule has 0 radical (unpaired) electrons. The minimum Gasteiger partial charge on any atom is -0.480 e. The van der Waals surface area contributed by atoms with Crippen LogP contribution >= 0.6 is 23.1 Å². The molecule has 1 heterocycles. The van der Waals surface area contributed by atoms with Crippen LogP contribution in [-0.2, 0) is 10.5 Å². The lowest BCUT2D eigenvalue weighted by Gasteiger charge is -2.03. The van der Waals surface area contributed by atoms with Crippen LogP contribution in [0.5, 0.6) is 0 Å². The Morgan fingerprint density at radius 2 is 2.17 bits per heavy atom. The van der Waals surface area contributed by atoms with E-state index in [2.05, 4.69) is 4.98 Å². The summed E-state index contributed by atoms with van der Waals surface area (Å²) in [7, 11) is 0. The molecule has 1 N–H and O–H groups in total. The Hall–Kier alpha value is -1.33. The van der Waals surface area contributed by atoms with Gasteiger partial charge in [0, 0.05) is 16.7 Å². The topological polar surface area (TPSA) is 50.2 Å². The summed E-state index contributed by atoms with van der Waals surface area (Å²) in [6.07, 6.45) is 0. The van der Waals surface area contributed by atoms with Crippen molar-refractivity contribution in [2.75, 3.05) is 0 Å². The van der Waals surface area contributed by atoms with Gasteiger partial charge in [-0.1, -0.05) is 30.3 Å². The number of hydrogen-bond donors (Lipinski definition) is 1. The monoisotopic (exact) mass is 279 g/mol. The molecule has 2 rings (SSSR count). The number of carbonyl (C=O) groups is 1. The van der Waals surface area contributed by atoms with Gasteiger partial charge < -0.3 is 5.11 Å². The zero-order valence-corrected chi connectivity index (χ0v) is 11.5. The fraction of sp³-hybridized carbons (Fsp3) is 0.231. The summed E-state index contributed by atoms with van der Waals surface area (Å²) in [5.74, 6) is -0.143. The van der Waals surface area contributed by atoms with E-state index in [0.29, 0.717) is 5.75 Å². The molecular weight excluding hydrogens is 266 g/mol. The molecule has 2 aromatic rings. The number of thioether (sulfide) groups is 1. The number of nitrogens with zero attached hydrogens (tertiary/aromatic N) is 1. The standard InChI is InChI=1S/C13H13NO2S2/c1-9(13(15)16)17-7-11-8-18-12(14-11)10-5-3-2-4-6-10/h2-6,8-9H,7H2,1H3,(H,15,16)/t9-/m0/s1. The fourth-order valence-electron chi connectivity index (χ4n) is 1.37. The van der Waals surface area contributed by atoms with Crippen LogP contribution in [-0.4, -0.2) is 21.3 Å². The molecule has 1 aromatic heterocycles. The summed E-state index contributed by atoms with van der Waals surface area (Å²) in [5, 5.41) is 11.4. The third-order valence-electron chi connectivity index (χ3n) is 2.40. The predicted octanol–water partition coefficient (Wildman–Crippen LogP) is 3.52. The predicted molar refractivity (Wildman–Crippen MR) is 75.9 cm³/mol.